The lowest BCUT2D eigenvalue weighted by atomic mass is 9.92. The van der Waals surface area contributed by atoms with Gasteiger partial charge in [-0.15, -0.1) is 0 Å². The van der Waals surface area contributed by atoms with Crippen LogP contribution in [0.15, 0.2) is 0 Å². The van der Waals surface area contributed by atoms with Crippen LogP contribution in [0.1, 0.15) is 33.6 Å². The molecule has 1 rings (SSSR count). The van der Waals surface area contributed by atoms with Gasteiger partial charge in [0.15, 0.2) is 0 Å². The third-order valence-corrected chi connectivity index (χ3v) is 4.71. The van der Waals surface area contributed by atoms with E-state index in [1.807, 2.05) is 11.8 Å². The summed E-state index contributed by atoms with van der Waals surface area (Å²) in [7, 11) is 0. The smallest absolute Gasteiger partial charge is 0.343 e. The Hall–Kier alpha value is -1.28. The molecule has 1 N–H and O–H groups in total. The lowest BCUT2D eigenvalue weighted by molar-refractivity contribution is -0.168. The van der Waals surface area contributed by atoms with Crippen molar-refractivity contribution in [2.45, 2.75) is 39.2 Å². The van der Waals surface area contributed by atoms with Crippen molar-refractivity contribution in [2.24, 2.45) is 0 Å². The number of carbonyl (C=O) groups is 3. The maximum absolute atomic E-state index is 12.4. The predicted molar refractivity (Wildman–Crippen MR) is 92.8 cm³/mol. The van der Waals surface area contributed by atoms with Gasteiger partial charge in [-0.3, -0.25) is 4.79 Å². The first-order chi connectivity index (χ1) is 11.5. The lowest BCUT2D eigenvalue weighted by Gasteiger charge is -2.31. The Bertz CT molecular complexity index is 420. The Labute approximate surface area is 147 Å². The van der Waals surface area contributed by atoms with Gasteiger partial charge in [-0.05, 0) is 33.2 Å². The Morgan fingerprint density at radius 2 is 1.62 bits per heavy atom. The molecular formula is C16H28N2O5S. The van der Waals surface area contributed by atoms with Crippen molar-refractivity contribution >= 4 is 29.6 Å². The van der Waals surface area contributed by atoms with Crippen molar-refractivity contribution in [1.29, 1.82) is 0 Å². The number of carbonyl (C=O) groups excluding carboxylic acids is 3. The van der Waals surface area contributed by atoms with E-state index in [1.165, 1.54) is 6.92 Å². The average molecular weight is 360 g/mol. The molecule has 0 spiro atoms. The highest BCUT2D eigenvalue weighted by Crippen LogP contribution is 2.20. The van der Waals surface area contributed by atoms with Crippen molar-refractivity contribution in [3.63, 3.8) is 0 Å². The standard InChI is InChI=1S/C16H28N2O5S/c1-4-22-14(20)16(17-13(3)19,15(21)23-5-2)7-6-8-18-9-11-24-12-10-18/h4-12H2,1-3H3,(H,17,19). The zero-order valence-corrected chi connectivity index (χ0v) is 15.6. The molecule has 0 atom stereocenters. The van der Waals surface area contributed by atoms with E-state index in [2.05, 4.69) is 10.2 Å². The molecule has 0 radical (unpaired) electrons. The van der Waals surface area contributed by atoms with Crippen molar-refractivity contribution in [3.8, 4) is 0 Å². The summed E-state index contributed by atoms with van der Waals surface area (Å²) in [5, 5.41) is 2.49. The second kappa shape index (κ2) is 10.6. The normalized spacial score (nSPS) is 15.6. The van der Waals surface area contributed by atoms with E-state index in [0.717, 1.165) is 31.1 Å². The fraction of sp³-hybridized carbons (Fsp3) is 0.812. The number of hydrogen-bond donors (Lipinski definition) is 1. The average Bonchev–Trinajstić information content (AvgIpc) is 2.54. The summed E-state index contributed by atoms with van der Waals surface area (Å²) < 4.78 is 10.1. The van der Waals surface area contributed by atoms with Crippen LogP contribution in [-0.4, -0.2) is 72.6 Å². The van der Waals surface area contributed by atoms with Gasteiger partial charge in [-0.1, -0.05) is 0 Å². The van der Waals surface area contributed by atoms with E-state index >= 15 is 0 Å². The number of esters is 2. The Balaban J connectivity index is 2.84. The van der Waals surface area contributed by atoms with Gasteiger partial charge < -0.3 is 19.7 Å². The summed E-state index contributed by atoms with van der Waals surface area (Å²) in [6.07, 6.45) is 0.746. The zero-order valence-electron chi connectivity index (χ0n) is 14.8. The first kappa shape index (κ1) is 20.8. The Kier molecular flexibility index (Phi) is 9.13. The fourth-order valence-electron chi connectivity index (χ4n) is 2.65. The predicted octanol–water partition coefficient (Wildman–Crippen LogP) is 0.817. The molecule has 1 aliphatic rings. The van der Waals surface area contributed by atoms with Gasteiger partial charge in [0.2, 0.25) is 11.4 Å². The second-order valence-electron chi connectivity index (χ2n) is 5.59. The highest BCUT2D eigenvalue weighted by atomic mass is 32.2. The Morgan fingerprint density at radius 3 is 2.08 bits per heavy atom. The van der Waals surface area contributed by atoms with E-state index in [1.54, 1.807) is 13.8 Å². The van der Waals surface area contributed by atoms with Crippen molar-refractivity contribution in [3.05, 3.63) is 0 Å². The van der Waals surface area contributed by atoms with Gasteiger partial charge in [0, 0.05) is 31.5 Å². The molecule has 24 heavy (non-hydrogen) atoms. The van der Waals surface area contributed by atoms with Crippen molar-refractivity contribution < 1.29 is 23.9 Å². The van der Waals surface area contributed by atoms with Crippen LogP contribution in [0.25, 0.3) is 0 Å². The molecule has 0 aromatic heterocycles. The van der Waals surface area contributed by atoms with Crippen LogP contribution < -0.4 is 5.32 Å². The Morgan fingerprint density at radius 1 is 1.08 bits per heavy atom. The van der Waals surface area contributed by atoms with E-state index in [-0.39, 0.29) is 19.6 Å². The lowest BCUT2D eigenvalue weighted by Crippen LogP contribution is -2.61. The van der Waals surface area contributed by atoms with Crippen LogP contribution in [0.5, 0.6) is 0 Å². The van der Waals surface area contributed by atoms with Crippen LogP contribution in [-0.2, 0) is 23.9 Å². The first-order valence-electron chi connectivity index (χ1n) is 8.39. The first-order valence-corrected chi connectivity index (χ1v) is 9.55. The summed E-state index contributed by atoms with van der Waals surface area (Å²) in [6.45, 7) is 7.61. The third kappa shape index (κ3) is 5.98. The minimum absolute atomic E-state index is 0.128. The summed E-state index contributed by atoms with van der Waals surface area (Å²) in [6, 6.07) is 0. The number of nitrogens with zero attached hydrogens (tertiary/aromatic N) is 1. The maximum atomic E-state index is 12.4. The molecule has 1 aliphatic heterocycles. The fourth-order valence-corrected chi connectivity index (χ4v) is 3.63. The molecule has 0 aromatic carbocycles. The molecule has 1 saturated heterocycles. The van der Waals surface area contributed by atoms with Crippen LogP contribution >= 0.6 is 11.8 Å². The minimum atomic E-state index is -1.76. The van der Waals surface area contributed by atoms with Crippen molar-refractivity contribution in [1.82, 2.24) is 10.2 Å². The van der Waals surface area contributed by atoms with Gasteiger partial charge in [0.05, 0.1) is 13.2 Å². The van der Waals surface area contributed by atoms with Crippen LogP contribution in [0.4, 0.5) is 0 Å². The van der Waals surface area contributed by atoms with E-state index in [9.17, 15) is 14.4 Å². The van der Waals surface area contributed by atoms with Gasteiger partial charge in [-0.25, -0.2) is 9.59 Å². The molecule has 0 saturated carbocycles. The van der Waals surface area contributed by atoms with E-state index in [4.69, 9.17) is 9.47 Å². The van der Waals surface area contributed by atoms with Crippen LogP contribution in [0, 0.1) is 0 Å². The minimum Gasteiger partial charge on any atom is -0.464 e. The third-order valence-electron chi connectivity index (χ3n) is 3.77. The van der Waals surface area contributed by atoms with Crippen molar-refractivity contribution in [2.75, 3.05) is 44.4 Å². The molecule has 0 unspecified atom stereocenters. The highest BCUT2D eigenvalue weighted by molar-refractivity contribution is 7.99. The number of thioether (sulfide) groups is 1. The molecular weight excluding hydrogens is 332 g/mol. The highest BCUT2D eigenvalue weighted by Gasteiger charge is 2.49. The van der Waals surface area contributed by atoms with E-state index in [0.29, 0.717) is 6.42 Å². The SMILES string of the molecule is CCOC(=O)C(CCCN1CCSCC1)(NC(C)=O)C(=O)OCC. The zero-order chi connectivity index (χ0) is 18.0. The van der Waals surface area contributed by atoms with Crippen LogP contribution in [0.3, 0.4) is 0 Å². The summed E-state index contributed by atoms with van der Waals surface area (Å²) >= 11 is 1.92. The molecule has 0 bridgehead atoms. The van der Waals surface area contributed by atoms with Gasteiger partial charge in [0.1, 0.15) is 0 Å². The number of hydrogen-bond acceptors (Lipinski definition) is 7. The van der Waals surface area contributed by atoms with E-state index < -0.39 is 23.4 Å². The number of ether oxygens (including phenoxy) is 2. The largest absolute Gasteiger partial charge is 0.464 e. The molecule has 1 heterocycles. The second-order valence-corrected chi connectivity index (χ2v) is 6.81. The van der Waals surface area contributed by atoms with Crippen LogP contribution in [0.2, 0.25) is 0 Å². The summed E-state index contributed by atoms with van der Waals surface area (Å²) in [4.78, 5) is 38.8. The molecule has 8 heteroatoms. The summed E-state index contributed by atoms with van der Waals surface area (Å²) in [5.41, 5.74) is -1.76. The van der Waals surface area contributed by atoms with Gasteiger partial charge in [0.25, 0.3) is 0 Å². The monoisotopic (exact) mass is 360 g/mol. The quantitative estimate of drug-likeness (QED) is 0.481. The topological polar surface area (TPSA) is 84.9 Å². The number of rotatable bonds is 9. The molecule has 7 nitrogen and oxygen atoms in total. The van der Waals surface area contributed by atoms with Gasteiger partial charge >= 0.3 is 11.9 Å². The molecule has 0 aliphatic carbocycles. The maximum Gasteiger partial charge on any atom is 0.343 e. The number of nitrogens with one attached hydrogen (secondary N) is 1. The number of amides is 1. The molecule has 1 amide bonds. The summed E-state index contributed by atoms with van der Waals surface area (Å²) in [5.74, 6) is 0.199. The van der Waals surface area contributed by atoms with Gasteiger partial charge in [-0.2, -0.15) is 11.8 Å². The molecule has 1 fully saturated rings. The molecule has 138 valence electrons. The molecule has 0 aromatic rings.